The average molecular weight is 233 g/mol. The van der Waals surface area contributed by atoms with Gasteiger partial charge in [-0.3, -0.25) is 0 Å². The molecule has 1 heterocycles. The van der Waals surface area contributed by atoms with Crippen LogP contribution in [0.5, 0.6) is 0 Å². The van der Waals surface area contributed by atoms with Gasteiger partial charge in [0.25, 0.3) is 9.05 Å². The van der Waals surface area contributed by atoms with Gasteiger partial charge in [0.2, 0.25) is 0 Å². The number of halogens is 1. The zero-order chi connectivity index (χ0) is 10.2. The van der Waals surface area contributed by atoms with Gasteiger partial charge in [-0.15, -0.1) is 0 Å². The summed E-state index contributed by atoms with van der Waals surface area (Å²) in [5, 5.41) is 0. The summed E-state index contributed by atoms with van der Waals surface area (Å²) in [5.41, 5.74) is 0.703. The van der Waals surface area contributed by atoms with Crippen molar-refractivity contribution in [2.45, 2.75) is 12.8 Å². The highest BCUT2D eigenvalue weighted by Gasteiger charge is 2.25. The molecular weight excluding hydrogens is 224 g/mol. The van der Waals surface area contributed by atoms with Crippen molar-refractivity contribution in [3.8, 4) is 0 Å². The monoisotopic (exact) mass is 232 g/mol. The summed E-state index contributed by atoms with van der Waals surface area (Å²) in [6.07, 6.45) is 6.47. The van der Waals surface area contributed by atoms with Gasteiger partial charge in [0.05, 0.1) is 11.5 Å². The van der Waals surface area contributed by atoms with Gasteiger partial charge < -0.3 is 4.74 Å². The number of allylic oxidation sites excluding steroid dienone is 4. The fraction of sp³-hybridized carbons (Fsp3) is 0.333. The predicted molar refractivity (Wildman–Crippen MR) is 54.2 cm³/mol. The molecule has 1 saturated heterocycles. The maximum atomic E-state index is 11.3. The Morgan fingerprint density at radius 2 is 2.21 bits per heavy atom. The van der Waals surface area contributed by atoms with Crippen LogP contribution in [0.25, 0.3) is 0 Å². The lowest BCUT2D eigenvalue weighted by molar-refractivity contribution is 0.265. The summed E-state index contributed by atoms with van der Waals surface area (Å²) in [6, 6.07) is 0. The first kappa shape index (κ1) is 9.80. The highest BCUT2D eigenvalue weighted by atomic mass is 35.7. The topological polar surface area (TPSA) is 43.4 Å². The summed E-state index contributed by atoms with van der Waals surface area (Å²) in [7, 11) is 1.67. The zero-order valence-electron chi connectivity index (χ0n) is 7.36. The smallest absolute Gasteiger partial charge is 0.261 e. The average Bonchev–Trinajstić information content (AvgIpc) is 2.42. The highest BCUT2D eigenvalue weighted by molar-refractivity contribution is 8.17. The first-order valence-electron chi connectivity index (χ1n) is 4.27. The van der Waals surface area contributed by atoms with Gasteiger partial charge in [0.15, 0.2) is 0 Å². The Hall–Kier alpha value is -0.740. The Labute approximate surface area is 87.1 Å². The lowest BCUT2D eigenvalue weighted by Gasteiger charge is -2.01. The van der Waals surface area contributed by atoms with Crippen molar-refractivity contribution < 1.29 is 13.2 Å². The Morgan fingerprint density at radius 1 is 1.43 bits per heavy atom. The quantitative estimate of drug-likeness (QED) is 0.650. The molecule has 0 amide bonds. The van der Waals surface area contributed by atoms with E-state index < -0.39 is 9.05 Å². The third kappa shape index (κ3) is 1.72. The van der Waals surface area contributed by atoms with E-state index >= 15 is 0 Å². The van der Waals surface area contributed by atoms with Crippen LogP contribution in [0.3, 0.4) is 0 Å². The number of fused-ring (bicyclic) bond motifs is 1. The molecule has 14 heavy (non-hydrogen) atoms. The fourth-order valence-corrected chi connectivity index (χ4v) is 2.77. The molecule has 1 aliphatic heterocycles. The van der Waals surface area contributed by atoms with E-state index in [9.17, 15) is 8.42 Å². The summed E-state index contributed by atoms with van der Waals surface area (Å²) < 4.78 is 27.8. The summed E-state index contributed by atoms with van der Waals surface area (Å²) >= 11 is 0. The molecule has 0 radical (unpaired) electrons. The molecule has 0 spiro atoms. The van der Waals surface area contributed by atoms with Gasteiger partial charge in [0, 0.05) is 22.7 Å². The van der Waals surface area contributed by atoms with Crippen molar-refractivity contribution in [1.29, 1.82) is 0 Å². The van der Waals surface area contributed by atoms with Crippen molar-refractivity contribution in [1.82, 2.24) is 0 Å². The second kappa shape index (κ2) is 3.44. The maximum Gasteiger partial charge on any atom is 0.261 e. The second-order valence-electron chi connectivity index (χ2n) is 3.09. The van der Waals surface area contributed by atoms with E-state index in [1.54, 1.807) is 12.2 Å². The number of hydrogen-bond donors (Lipinski definition) is 0. The first-order chi connectivity index (χ1) is 6.59. The minimum absolute atomic E-state index is 0.181. The number of ether oxygens (including phenoxy) is 1. The number of hydrogen-bond acceptors (Lipinski definition) is 3. The SMILES string of the molecule is O=S(=O)(Cl)C1=C2CCOC2=CCC=C1. The Morgan fingerprint density at radius 3 is 2.93 bits per heavy atom. The van der Waals surface area contributed by atoms with Gasteiger partial charge in [-0.05, 0) is 18.6 Å². The molecule has 3 nitrogen and oxygen atoms in total. The van der Waals surface area contributed by atoms with Crippen LogP contribution in [0.15, 0.2) is 34.5 Å². The summed E-state index contributed by atoms with van der Waals surface area (Å²) in [6.45, 7) is 0.533. The van der Waals surface area contributed by atoms with Crippen molar-refractivity contribution >= 4 is 19.7 Å². The van der Waals surface area contributed by atoms with E-state index in [0.29, 0.717) is 30.8 Å². The molecule has 0 atom stereocenters. The van der Waals surface area contributed by atoms with Crippen LogP contribution in [0.2, 0.25) is 0 Å². The van der Waals surface area contributed by atoms with E-state index in [2.05, 4.69) is 0 Å². The van der Waals surface area contributed by atoms with Gasteiger partial charge in [-0.2, -0.15) is 0 Å². The third-order valence-electron chi connectivity index (χ3n) is 2.18. The largest absolute Gasteiger partial charge is 0.493 e. The summed E-state index contributed by atoms with van der Waals surface area (Å²) in [5.74, 6) is 0.661. The number of rotatable bonds is 1. The third-order valence-corrected chi connectivity index (χ3v) is 3.58. The molecule has 1 aliphatic carbocycles. The molecule has 76 valence electrons. The second-order valence-corrected chi connectivity index (χ2v) is 5.62. The molecule has 0 aromatic carbocycles. The molecule has 0 aromatic heterocycles. The van der Waals surface area contributed by atoms with Gasteiger partial charge >= 0.3 is 0 Å². The predicted octanol–water partition coefficient (Wildman–Crippen LogP) is 2.07. The van der Waals surface area contributed by atoms with Crippen molar-refractivity contribution in [2.24, 2.45) is 0 Å². The molecule has 1 fully saturated rings. The van der Waals surface area contributed by atoms with Gasteiger partial charge in [0.1, 0.15) is 5.76 Å². The molecule has 2 rings (SSSR count). The van der Waals surface area contributed by atoms with E-state index in [1.807, 2.05) is 6.08 Å². The first-order valence-corrected chi connectivity index (χ1v) is 6.57. The van der Waals surface area contributed by atoms with E-state index in [0.717, 1.165) is 0 Å². The molecule has 2 aliphatic rings. The lowest BCUT2D eigenvalue weighted by atomic mass is 10.2. The normalized spacial score (nSPS) is 21.4. The van der Waals surface area contributed by atoms with E-state index in [-0.39, 0.29) is 4.91 Å². The molecule has 0 bridgehead atoms. The minimum Gasteiger partial charge on any atom is -0.493 e. The molecule has 0 unspecified atom stereocenters. The van der Waals surface area contributed by atoms with Gasteiger partial charge in [-0.1, -0.05) is 6.08 Å². The van der Waals surface area contributed by atoms with E-state index in [1.165, 1.54) is 0 Å². The molecule has 5 heteroatoms. The molecular formula is C9H9ClO3S. The Kier molecular flexibility index (Phi) is 2.41. The van der Waals surface area contributed by atoms with Crippen molar-refractivity contribution in [3.63, 3.8) is 0 Å². The molecule has 0 aromatic rings. The van der Waals surface area contributed by atoms with Crippen LogP contribution in [0.4, 0.5) is 0 Å². The van der Waals surface area contributed by atoms with E-state index in [4.69, 9.17) is 15.4 Å². The zero-order valence-corrected chi connectivity index (χ0v) is 8.94. The lowest BCUT2D eigenvalue weighted by Crippen LogP contribution is -1.96. The molecule has 0 saturated carbocycles. The highest BCUT2D eigenvalue weighted by Crippen LogP contribution is 2.33. The van der Waals surface area contributed by atoms with Crippen LogP contribution in [0.1, 0.15) is 12.8 Å². The Balaban J connectivity index is 2.60. The standard InChI is InChI=1S/C9H9ClO3S/c10-14(11,12)9-4-2-1-3-8-7(9)5-6-13-8/h2-4H,1,5-6H2. The van der Waals surface area contributed by atoms with Crippen LogP contribution in [0, 0.1) is 0 Å². The fourth-order valence-electron chi connectivity index (χ4n) is 1.58. The minimum atomic E-state index is -3.66. The Bertz CT molecular complexity index is 443. The van der Waals surface area contributed by atoms with Crippen molar-refractivity contribution in [3.05, 3.63) is 34.5 Å². The summed E-state index contributed by atoms with van der Waals surface area (Å²) in [4.78, 5) is 0.181. The van der Waals surface area contributed by atoms with Crippen molar-refractivity contribution in [2.75, 3.05) is 6.61 Å². The van der Waals surface area contributed by atoms with Crippen LogP contribution >= 0.6 is 10.7 Å². The van der Waals surface area contributed by atoms with Crippen LogP contribution in [-0.4, -0.2) is 15.0 Å². The van der Waals surface area contributed by atoms with Crippen LogP contribution in [-0.2, 0) is 13.8 Å². The van der Waals surface area contributed by atoms with Crippen LogP contribution < -0.4 is 0 Å². The molecule has 0 N–H and O–H groups in total. The van der Waals surface area contributed by atoms with Gasteiger partial charge in [-0.25, -0.2) is 8.42 Å². The maximum absolute atomic E-state index is 11.3.